The summed E-state index contributed by atoms with van der Waals surface area (Å²) in [6, 6.07) is 15.0. The van der Waals surface area contributed by atoms with Gasteiger partial charge in [-0.05, 0) is 39.3 Å². The number of ether oxygens (including phenoxy) is 2. The average molecular weight is 463 g/mol. The first-order valence-corrected chi connectivity index (χ1v) is 11.5. The van der Waals surface area contributed by atoms with E-state index in [-0.39, 0.29) is 23.5 Å². The van der Waals surface area contributed by atoms with Crippen LogP contribution in [0.2, 0.25) is 0 Å². The van der Waals surface area contributed by atoms with Crippen molar-refractivity contribution in [1.29, 1.82) is 0 Å². The van der Waals surface area contributed by atoms with Gasteiger partial charge in [-0.3, -0.25) is 0 Å². The van der Waals surface area contributed by atoms with Crippen LogP contribution in [0.15, 0.2) is 48.5 Å². The van der Waals surface area contributed by atoms with Crippen molar-refractivity contribution in [2.75, 3.05) is 13.1 Å². The number of hydrogen-bond donors (Lipinski definition) is 1. The zero-order valence-electron chi connectivity index (χ0n) is 20.0. The van der Waals surface area contributed by atoms with Crippen molar-refractivity contribution < 1.29 is 24.2 Å². The second-order valence-corrected chi connectivity index (χ2v) is 9.59. The molecular formula is C27H30N2O5. The monoisotopic (exact) mass is 462 g/mol. The van der Waals surface area contributed by atoms with Crippen LogP contribution in [0.25, 0.3) is 22.2 Å². The maximum absolute atomic E-state index is 12.5. The van der Waals surface area contributed by atoms with Gasteiger partial charge in [0.15, 0.2) is 5.75 Å². The van der Waals surface area contributed by atoms with Gasteiger partial charge in [-0.2, -0.15) is 0 Å². The Balaban J connectivity index is 1.69. The molecule has 4 rings (SSSR count). The van der Waals surface area contributed by atoms with Gasteiger partial charge in [0, 0.05) is 36.9 Å². The fraction of sp³-hybridized carbons (Fsp3) is 0.370. The lowest BCUT2D eigenvalue weighted by atomic mass is 9.98. The van der Waals surface area contributed by atoms with Crippen LogP contribution in [0.5, 0.6) is 5.75 Å². The number of aryl methyl sites for hydroxylation is 1. The maximum atomic E-state index is 12.5. The Morgan fingerprint density at radius 1 is 1.03 bits per heavy atom. The molecule has 7 heteroatoms. The van der Waals surface area contributed by atoms with E-state index >= 15 is 0 Å². The summed E-state index contributed by atoms with van der Waals surface area (Å²) in [7, 11) is 0. The van der Waals surface area contributed by atoms with E-state index in [1.165, 1.54) is 0 Å². The summed E-state index contributed by atoms with van der Waals surface area (Å²) in [6.45, 7) is 8.35. The predicted octanol–water partition coefficient (Wildman–Crippen LogP) is 5.69. The van der Waals surface area contributed by atoms with Crippen LogP contribution in [0.1, 0.15) is 49.5 Å². The fourth-order valence-electron chi connectivity index (χ4n) is 4.23. The summed E-state index contributed by atoms with van der Waals surface area (Å²) in [5, 5.41) is 10.8. The quantitative estimate of drug-likeness (QED) is 0.536. The summed E-state index contributed by atoms with van der Waals surface area (Å²) in [6.07, 6.45) is 0.545. The van der Waals surface area contributed by atoms with E-state index < -0.39 is 11.6 Å². The topological polar surface area (TPSA) is 89.0 Å². The number of carbonyl (C=O) groups is 2. The average Bonchev–Trinajstić information content (AvgIpc) is 2.78. The Hall–Kier alpha value is -3.61. The smallest absolute Gasteiger partial charge is 0.410 e. The van der Waals surface area contributed by atoms with Gasteiger partial charge >= 0.3 is 12.1 Å². The molecule has 0 bridgehead atoms. The number of aromatic nitrogens is 1. The molecule has 3 aromatic rings. The summed E-state index contributed by atoms with van der Waals surface area (Å²) >= 11 is 0. The van der Waals surface area contributed by atoms with E-state index in [2.05, 4.69) is 0 Å². The standard InChI is InChI=1S/C27H30N2O5/c1-17-9-8-12-20-21(17)22(25(30)31)24(23(28-20)18-10-6-5-7-11-18)33-19-13-15-29(16-14-19)26(32)34-27(2,3)4/h5-12,19H,13-16H2,1-4H3,(H,30,31). The number of hydrogen-bond acceptors (Lipinski definition) is 5. The van der Waals surface area contributed by atoms with E-state index in [0.717, 1.165) is 11.1 Å². The van der Waals surface area contributed by atoms with E-state index in [9.17, 15) is 14.7 Å². The molecule has 1 saturated heterocycles. The molecule has 1 aliphatic heterocycles. The molecule has 0 spiro atoms. The Kier molecular flexibility index (Phi) is 6.46. The van der Waals surface area contributed by atoms with Crippen LogP contribution in [-0.4, -0.2) is 51.8 Å². The highest BCUT2D eigenvalue weighted by Crippen LogP contribution is 2.39. The first-order valence-electron chi connectivity index (χ1n) is 11.5. The molecule has 1 aromatic heterocycles. The summed E-state index contributed by atoms with van der Waals surface area (Å²) in [5.41, 5.74) is 2.30. The molecule has 1 amide bonds. The van der Waals surface area contributed by atoms with Gasteiger partial charge in [0.2, 0.25) is 0 Å². The summed E-state index contributed by atoms with van der Waals surface area (Å²) < 4.78 is 11.9. The number of rotatable bonds is 4. The van der Waals surface area contributed by atoms with Crippen molar-refractivity contribution in [3.05, 3.63) is 59.7 Å². The number of fused-ring (bicyclic) bond motifs is 1. The molecule has 0 radical (unpaired) electrons. The third-order valence-electron chi connectivity index (χ3n) is 5.81. The minimum atomic E-state index is -1.06. The Morgan fingerprint density at radius 3 is 2.32 bits per heavy atom. The van der Waals surface area contributed by atoms with Crippen molar-refractivity contribution >= 4 is 23.0 Å². The van der Waals surface area contributed by atoms with Gasteiger partial charge in [-0.25, -0.2) is 14.6 Å². The molecular weight excluding hydrogens is 432 g/mol. The summed E-state index contributed by atoms with van der Waals surface area (Å²) in [4.78, 5) is 31.4. The maximum Gasteiger partial charge on any atom is 0.410 e. The fourth-order valence-corrected chi connectivity index (χ4v) is 4.23. The first-order chi connectivity index (χ1) is 16.1. The SMILES string of the molecule is Cc1cccc2nc(-c3ccccc3)c(OC3CCN(C(=O)OC(C)(C)C)CC3)c(C(=O)O)c12. The molecule has 34 heavy (non-hydrogen) atoms. The highest BCUT2D eigenvalue weighted by molar-refractivity contribution is 6.08. The number of aromatic carboxylic acids is 1. The molecule has 178 valence electrons. The van der Waals surface area contributed by atoms with Gasteiger partial charge in [0.25, 0.3) is 0 Å². The molecule has 2 heterocycles. The van der Waals surface area contributed by atoms with Crippen LogP contribution in [0.3, 0.4) is 0 Å². The zero-order chi connectivity index (χ0) is 24.5. The van der Waals surface area contributed by atoms with Crippen LogP contribution in [0.4, 0.5) is 4.79 Å². The van der Waals surface area contributed by atoms with Crippen molar-refractivity contribution in [3.8, 4) is 17.0 Å². The van der Waals surface area contributed by atoms with E-state index in [1.54, 1.807) is 4.90 Å². The van der Waals surface area contributed by atoms with Crippen molar-refractivity contribution in [1.82, 2.24) is 9.88 Å². The van der Waals surface area contributed by atoms with Crippen molar-refractivity contribution in [3.63, 3.8) is 0 Å². The van der Waals surface area contributed by atoms with E-state index in [1.807, 2.05) is 76.2 Å². The van der Waals surface area contributed by atoms with Crippen molar-refractivity contribution in [2.45, 2.75) is 52.2 Å². The van der Waals surface area contributed by atoms with Crippen LogP contribution in [0, 0.1) is 6.92 Å². The van der Waals surface area contributed by atoms with Gasteiger partial charge in [0.05, 0.1) is 5.52 Å². The molecule has 1 aliphatic rings. The third-order valence-corrected chi connectivity index (χ3v) is 5.81. The normalized spacial score (nSPS) is 14.8. The van der Waals surface area contributed by atoms with Gasteiger partial charge < -0.3 is 19.5 Å². The van der Waals surface area contributed by atoms with E-state index in [0.29, 0.717) is 42.5 Å². The number of amides is 1. The van der Waals surface area contributed by atoms with Gasteiger partial charge in [0.1, 0.15) is 23.0 Å². The minimum absolute atomic E-state index is 0.122. The van der Waals surface area contributed by atoms with Crippen LogP contribution in [-0.2, 0) is 4.74 Å². The largest absolute Gasteiger partial charge is 0.487 e. The number of carbonyl (C=O) groups excluding carboxylic acids is 1. The number of benzene rings is 2. The van der Waals surface area contributed by atoms with Gasteiger partial charge in [-0.15, -0.1) is 0 Å². The number of pyridine rings is 1. The third kappa shape index (κ3) is 4.98. The number of nitrogens with zero attached hydrogens (tertiary/aromatic N) is 2. The molecule has 0 unspecified atom stereocenters. The van der Waals surface area contributed by atoms with Crippen LogP contribution < -0.4 is 4.74 Å². The zero-order valence-corrected chi connectivity index (χ0v) is 20.0. The highest BCUT2D eigenvalue weighted by atomic mass is 16.6. The predicted molar refractivity (Wildman–Crippen MR) is 130 cm³/mol. The number of carboxylic acid groups (broad SMARTS) is 1. The molecule has 1 N–H and O–H groups in total. The lowest BCUT2D eigenvalue weighted by Gasteiger charge is -2.34. The van der Waals surface area contributed by atoms with Crippen molar-refractivity contribution in [2.24, 2.45) is 0 Å². The lowest BCUT2D eigenvalue weighted by molar-refractivity contribution is 0.0126. The minimum Gasteiger partial charge on any atom is -0.487 e. The lowest BCUT2D eigenvalue weighted by Crippen LogP contribution is -2.44. The molecule has 1 fully saturated rings. The number of carboxylic acids is 1. The molecule has 0 saturated carbocycles. The highest BCUT2D eigenvalue weighted by Gasteiger charge is 2.30. The Bertz CT molecular complexity index is 1210. The van der Waals surface area contributed by atoms with E-state index in [4.69, 9.17) is 14.5 Å². The Morgan fingerprint density at radius 2 is 1.71 bits per heavy atom. The second-order valence-electron chi connectivity index (χ2n) is 9.59. The molecule has 0 atom stereocenters. The Labute approximate surface area is 199 Å². The van der Waals surface area contributed by atoms with Crippen LogP contribution >= 0.6 is 0 Å². The molecule has 7 nitrogen and oxygen atoms in total. The number of piperidine rings is 1. The second kappa shape index (κ2) is 9.33. The molecule has 0 aliphatic carbocycles. The van der Waals surface area contributed by atoms with Gasteiger partial charge in [-0.1, -0.05) is 42.5 Å². The molecule has 2 aromatic carbocycles. The first kappa shape index (κ1) is 23.5. The summed E-state index contributed by atoms with van der Waals surface area (Å²) in [5.74, 6) is -0.781. The number of likely N-dealkylation sites (tertiary alicyclic amines) is 1.